The summed E-state index contributed by atoms with van der Waals surface area (Å²) in [7, 11) is 0. The van der Waals surface area contributed by atoms with Gasteiger partial charge >= 0.3 is 0 Å². The molecule has 1 atom stereocenters. The van der Waals surface area contributed by atoms with Crippen molar-refractivity contribution in [2.45, 2.75) is 32.7 Å². The van der Waals surface area contributed by atoms with Gasteiger partial charge in [-0.3, -0.25) is 4.90 Å². The van der Waals surface area contributed by atoms with E-state index in [1.165, 1.54) is 25.9 Å². The van der Waals surface area contributed by atoms with Crippen LogP contribution in [0.4, 0.5) is 11.6 Å². The maximum atomic E-state index is 5.37. The summed E-state index contributed by atoms with van der Waals surface area (Å²) >= 11 is 0. The van der Waals surface area contributed by atoms with Crippen molar-refractivity contribution in [3.05, 3.63) is 11.9 Å². The molecule has 1 aromatic rings. The molecule has 1 aliphatic rings. The van der Waals surface area contributed by atoms with Gasteiger partial charge in [0.2, 0.25) is 0 Å². The maximum absolute atomic E-state index is 5.37. The minimum Gasteiger partial charge on any atom is -0.368 e. The van der Waals surface area contributed by atoms with Crippen molar-refractivity contribution < 1.29 is 0 Å². The molecule has 1 fully saturated rings. The van der Waals surface area contributed by atoms with Gasteiger partial charge in [0.25, 0.3) is 0 Å². The van der Waals surface area contributed by atoms with E-state index in [1.54, 1.807) is 0 Å². The van der Waals surface area contributed by atoms with E-state index >= 15 is 0 Å². The molecule has 2 rings (SSSR count). The largest absolute Gasteiger partial charge is 0.368 e. The van der Waals surface area contributed by atoms with Gasteiger partial charge in [-0.1, -0.05) is 0 Å². The lowest BCUT2D eigenvalue weighted by molar-refractivity contribution is 0.269. The van der Waals surface area contributed by atoms with E-state index in [0.29, 0.717) is 17.7 Å². The lowest BCUT2D eigenvalue weighted by atomic mass is 10.3. The van der Waals surface area contributed by atoms with Crippen molar-refractivity contribution in [3.63, 3.8) is 0 Å². The molecule has 0 radical (unpaired) electrons. The average molecular weight is 250 g/mol. The summed E-state index contributed by atoms with van der Waals surface area (Å²) in [5.74, 6) is 7.54. The predicted octanol–water partition coefficient (Wildman–Crippen LogP) is 0.967. The average Bonchev–Trinajstić information content (AvgIpc) is 2.89. The number of anilines is 2. The van der Waals surface area contributed by atoms with E-state index in [9.17, 15) is 0 Å². The predicted molar refractivity (Wildman–Crippen MR) is 73.3 cm³/mol. The number of nitrogens with two attached hydrogens (primary N) is 1. The molecule has 1 saturated heterocycles. The monoisotopic (exact) mass is 250 g/mol. The molecule has 6 heteroatoms. The van der Waals surface area contributed by atoms with Crippen molar-refractivity contribution in [2.24, 2.45) is 5.84 Å². The molecule has 1 aliphatic heterocycles. The third kappa shape index (κ3) is 3.30. The van der Waals surface area contributed by atoms with Crippen LogP contribution in [0, 0.1) is 6.92 Å². The molecule has 2 heterocycles. The zero-order valence-electron chi connectivity index (χ0n) is 11.1. The van der Waals surface area contributed by atoms with Gasteiger partial charge in [-0.05, 0) is 39.8 Å². The van der Waals surface area contributed by atoms with Crippen LogP contribution >= 0.6 is 0 Å². The van der Waals surface area contributed by atoms with Crippen molar-refractivity contribution in [3.8, 4) is 0 Å². The highest BCUT2D eigenvalue weighted by Gasteiger charge is 2.17. The fraction of sp³-hybridized carbons (Fsp3) is 0.667. The van der Waals surface area contributed by atoms with Crippen LogP contribution in [0.15, 0.2) is 6.07 Å². The third-order valence-electron chi connectivity index (χ3n) is 3.33. The van der Waals surface area contributed by atoms with Gasteiger partial charge in [0.05, 0.1) is 0 Å². The zero-order chi connectivity index (χ0) is 13.0. The second-order valence-corrected chi connectivity index (χ2v) is 4.80. The van der Waals surface area contributed by atoms with Crippen molar-refractivity contribution in [1.82, 2.24) is 14.9 Å². The van der Waals surface area contributed by atoms with Crippen LogP contribution in [0.2, 0.25) is 0 Å². The molecule has 0 spiro atoms. The Morgan fingerprint density at radius 2 is 2.00 bits per heavy atom. The molecule has 1 aromatic heterocycles. The lowest BCUT2D eigenvalue weighted by Gasteiger charge is -2.24. The number of hydrogen-bond acceptors (Lipinski definition) is 6. The number of nitrogens with zero attached hydrogens (tertiary/aromatic N) is 3. The van der Waals surface area contributed by atoms with Gasteiger partial charge in [-0.2, -0.15) is 0 Å². The number of likely N-dealkylation sites (tertiary alicyclic amines) is 1. The number of nitrogens with one attached hydrogen (secondary N) is 2. The number of hydrazine groups is 1. The summed E-state index contributed by atoms with van der Waals surface area (Å²) < 4.78 is 0. The number of aromatic nitrogens is 2. The van der Waals surface area contributed by atoms with Gasteiger partial charge in [0.1, 0.15) is 17.5 Å². The van der Waals surface area contributed by atoms with Gasteiger partial charge in [0.15, 0.2) is 0 Å². The molecule has 4 N–H and O–H groups in total. The van der Waals surface area contributed by atoms with E-state index in [-0.39, 0.29) is 0 Å². The van der Waals surface area contributed by atoms with Gasteiger partial charge in [0, 0.05) is 18.7 Å². The standard InChI is InChI=1S/C12H22N6/c1-9(18-5-3-4-6-18)8-14-11-7-12(17-13)16-10(2)15-11/h7,9H,3-6,8,13H2,1-2H3,(H2,14,15,16,17). The van der Waals surface area contributed by atoms with Gasteiger partial charge in [-0.15, -0.1) is 0 Å². The molecule has 0 amide bonds. The molecule has 0 bridgehead atoms. The molecule has 0 saturated carbocycles. The first-order valence-electron chi connectivity index (χ1n) is 6.49. The van der Waals surface area contributed by atoms with Crippen LogP contribution in [0.1, 0.15) is 25.6 Å². The third-order valence-corrected chi connectivity index (χ3v) is 3.33. The molecule has 0 aliphatic carbocycles. The Kier molecular flexibility index (Phi) is 4.33. The van der Waals surface area contributed by atoms with E-state index in [0.717, 1.165) is 12.4 Å². The van der Waals surface area contributed by atoms with Crippen LogP contribution in [0.3, 0.4) is 0 Å². The fourth-order valence-electron chi connectivity index (χ4n) is 2.30. The quantitative estimate of drug-likeness (QED) is 0.534. The van der Waals surface area contributed by atoms with Crippen LogP contribution in [0.5, 0.6) is 0 Å². The van der Waals surface area contributed by atoms with Crippen molar-refractivity contribution in [2.75, 3.05) is 30.4 Å². The highest BCUT2D eigenvalue weighted by atomic mass is 15.3. The first-order chi connectivity index (χ1) is 8.69. The molecule has 1 unspecified atom stereocenters. The van der Waals surface area contributed by atoms with Crippen LogP contribution in [-0.4, -0.2) is 40.5 Å². The molecule has 18 heavy (non-hydrogen) atoms. The highest BCUT2D eigenvalue weighted by Crippen LogP contribution is 2.13. The topological polar surface area (TPSA) is 79.1 Å². The molecule has 0 aromatic carbocycles. The van der Waals surface area contributed by atoms with Gasteiger partial charge in [-0.25, -0.2) is 15.8 Å². The second kappa shape index (κ2) is 5.97. The number of rotatable bonds is 5. The minimum absolute atomic E-state index is 0.525. The minimum atomic E-state index is 0.525. The Labute approximate surface area is 108 Å². The van der Waals surface area contributed by atoms with Crippen LogP contribution in [0.25, 0.3) is 0 Å². The summed E-state index contributed by atoms with van der Waals surface area (Å²) in [6.45, 7) is 7.41. The molecular weight excluding hydrogens is 228 g/mol. The fourth-order valence-corrected chi connectivity index (χ4v) is 2.30. The van der Waals surface area contributed by atoms with E-state index in [4.69, 9.17) is 5.84 Å². The summed E-state index contributed by atoms with van der Waals surface area (Å²) in [6, 6.07) is 2.35. The van der Waals surface area contributed by atoms with E-state index in [2.05, 4.69) is 32.5 Å². The molecular formula is C12H22N6. The van der Waals surface area contributed by atoms with Crippen LogP contribution < -0.4 is 16.6 Å². The van der Waals surface area contributed by atoms with Crippen molar-refractivity contribution in [1.29, 1.82) is 0 Å². The van der Waals surface area contributed by atoms with E-state index in [1.807, 2.05) is 13.0 Å². The molecule has 100 valence electrons. The normalized spacial score (nSPS) is 17.7. The lowest BCUT2D eigenvalue weighted by Crippen LogP contribution is -2.35. The second-order valence-electron chi connectivity index (χ2n) is 4.80. The smallest absolute Gasteiger partial charge is 0.145 e. The highest BCUT2D eigenvalue weighted by molar-refractivity contribution is 5.46. The Morgan fingerprint density at radius 3 is 2.67 bits per heavy atom. The Balaban J connectivity index is 1.90. The summed E-state index contributed by atoms with van der Waals surface area (Å²) in [4.78, 5) is 11.0. The van der Waals surface area contributed by atoms with E-state index < -0.39 is 0 Å². The zero-order valence-corrected chi connectivity index (χ0v) is 11.1. The van der Waals surface area contributed by atoms with Crippen molar-refractivity contribution >= 4 is 11.6 Å². The Bertz CT molecular complexity index is 388. The summed E-state index contributed by atoms with van der Waals surface area (Å²) in [5, 5.41) is 3.35. The number of hydrogen-bond donors (Lipinski definition) is 3. The number of nitrogen functional groups attached to an aromatic ring is 1. The maximum Gasteiger partial charge on any atom is 0.145 e. The SMILES string of the molecule is Cc1nc(NN)cc(NCC(C)N2CCCC2)n1. The first-order valence-corrected chi connectivity index (χ1v) is 6.49. The first kappa shape index (κ1) is 13.0. The van der Waals surface area contributed by atoms with Gasteiger partial charge < -0.3 is 10.7 Å². The molecule has 6 nitrogen and oxygen atoms in total. The van der Waals surface area contributed by atoms with Crippen LogP contribution in [-0.2, 0) is 0 Å². The summed E-state index contributed by atoms with van der Waals surface area (Å²) in [5.41, 5.74) is 2.55. The Hall–Kier alpha value is -1.40. The number of aryl methyl sites for hydroxylation is 1. The summed E-state index contributed by atoms with van der Waals surface area (Å²) in [6.07, 6.45) is 2.64. The Morgan fingerprint density at radius 1 is 1.33 bits per heavy atom.